The van der Waals surface area contributed by atoms with Crippen molar-refractivity contribution in [3.63, 3.8) is 0 Å². The molecule has 2 aromatic carbocycles. The molecule has 0 heterocycles. The largest absolute Gasteiger partial charge is 0.496 e. The molecular weight excluding hydrogens is 450 g/mol. The molecule has 0 aliphatic carbocycles. The maximum Gasteiger partial charge on any atom is 0.132 e. The fourth-order valence-corrected chi connectivity index (χ4v) is 3.28. The third kappa shape index (κ3) is 3.72. The van der Waals surface area contributed by atoms with Crippen molar-refractivity contribution in [2.75, 3.05) is 14.2 Å². The van der Waals surface area contributed by atoms with E-state index in [1.165, 1.54) is 26.4 Å². The third-order valence-electron chi connectivity index (χ3n) is 3.61. The van der Waals surface area contributed by atoms with E-state index in [-0.39, 0.29) is 22.6 Å². The summed E-state index contributed by atoms with van der Waals surface area (Å²) in [6, 6.07) is 3.55. The zero-order valence-electron chi connectivity index (χ0n) is 12.9. The summed E-state index contributed by atoms with van der Waals surface area (Å²) in [7, 11) is 2.79. The number of ether oxygens (including phenoxy) is 2. The molecule has 4 N–H and O–H groups in total. The van der Waals surface area contributed by atoms with E-state index in [4.69, 9.17) is 20.9 Å². The van der Waals surface area contributed by atoms with Crippen molar-refractivity contribution in [1.82, 2.24) is 0 Å². The van der Waals surface area contributed by atoms with E-state index < -0.39 is 23.7 Å². The summed E-state index contributed by atoms with van der Waals surface area (Å²) in [6.45, 7) is 0. The number of benzene rings is 2. The van der Waals surface area contributed by atoms with Gasteiger partial charge in [0.15, 0.2) is 0 Å². The molecule has 2 unspecified atom stereocenters. The zero-order valence-corrected chi connectivity index (χ0v) is 16.1. The standard InChI is InChI=1S/C16H16Br2F2N2O2/c1-23-11-5-7(17)3-9(19)13(11)15(21)16(22)14-10(20)4-8(18)6-12(14)24-2/h3-6,15-16H,21-22H2,1-2H3. The van der Waals surface area contributed by atoms with Crippen molar-refractivity contribution >= 4 is 31.9 Å². The summed E-state index contributed by atoms with van der Waals surface area (Å²) in [5.41, 5.74) is 12.4. The van der Waals surface area contributed by atoms with Crippen molar-refractivity contribution in [3.8, 4) is 11.5 Å². The molecule has 0 fully saturated rings. The molecule has 0 saturated carbocycles. The van der Waals surface area contributed by atoms with Crippen LogP contribution in [-0.4, -0.2) is 14.2 Å². The Balaban J connectivity index is 2.54. The second-order valence-corrected chi connectivity index (χ2v) is 6.89. The molecule has 130 valence electrons. The second-order valence-electron chi connectivity index (χ2n) is 5.06. The molecule has 24 heavy (non-hydrogen) atoms. The van der Waals surface area contributed by atoms with Gasteiger partial charge >= 0.3 is 0 Å². The van der Waals surface area contributed by atoms with E-state index in [1.807, 2.05) is 0 Å². The first-order valence-corrected chi connectivity index (χ1v) is 8.45. The zero-order chi connectivity index (χ0) is 18.0. The minimum atomic E-state index is -1.04. The van der Waals surface area contributed by atoms with Gasteiger partial charge in [-0.25, -0.2) is 8.78 Å². The number of nitrogens with two attached hydrogens (primary N) is 2. The highest BCUT2D eigenvalue weighted by molar-refractivity contribution is 9.10. The molecule has 0 amide bonds. The first-order valence-electron chi connectivity index (χ1n) is 6.87. The van der Waals surface area contributed by atoms with Crippen molar-refractivity contribution in [2.45, 2.75) is 12.1 Å². The van der Waals surface area contributed by atoms with Gasteiger partial charge in [-0.1, -0.05) is 31.9 Å². The van der Waals surface area contributed by atoms with Gasteiger partial charge in [-0.3, -0.25) is 0 Å². The van der Waals surface area contributed by atoms with Gasteiger partial charge in [-0.2, -0.15) is 0 Å². The average molecular weight is 466 g/mol. The van der Waals surface area contributed by atoms with Crippen LogP contribution < -0.4 is 20.9 Å². The van der Waals surface area contributed by atoms with E-state index in [0.717, 1.165) is 0 Å². The number of methoxy groups -OCH3 is 2. The van der Waals surface area contributed by atoms with Crippen LogP contribution in [0.5, 0.6) is 11.5 Å². The van der Waals surface area contributed by atoms with Crippen LogP contribution in [-0.2, 0) is 0 Å². The summed E-state index contributed by atoms with van der Waals surface area (Å²) < 4.78 is 40.1. The van der Waals surface area contributed by atoms with Crippen LogP contribution in [0.3, 0.4) is 0 Å². The minimum Gasteiger partial charge on any atom is -0.496 e. The lowest BCUT2D eigenvalue weighted by Crippen LogP contribution is -2.29. The molecule has 0 spiro atoms. The molecular formula is C16H16Br2F2N2O2. The van der Waals surface area contributed by atoms with Gasteiger partial charge in [-0.15, -0.1) is 0 Å². The van der Waals surface area contributed by atoms with Crippen molar-refractivity contribution in [1.29, 1.82) is 0 Å². The van der Waals surface area contributed by atoms with Crippen LogP contribution in [0, 0.1) is 11.6 Å². The molecule has 2 rings (SSSR count). The molecule has 0 aliphatic rings. The first kappa shape index (κ1) is 19.1. The lowest BCUT2D eigenvalue weighted by atomic mass is 9.92. The average Bonchev–Trinajstić information content (AvgIpc) is 2.52. The highest BCUT2D eigenvalue weighted by Crippen LogP contribution is 2.39. The summed E-state index contributed by atoms with van der Waals surface area (Å²) >= 11 is 6.37. The van der Waals surface area contributed by atoms with Gasteiger partial charge in [0.25, 0.3) is 0 Å². The van der Waals surface area contributed by atoms with Gasteiger partial charge in [0.2, 0.25) is 0 Å². The number of hydrogen-bond donors (Lipinski definition) is 2. The molecule has 0 radical (unpaired) electrons. The molecule has 0 saturated heterocycles. The topological polar surface area (TPSA) is 70.5 Å². The Morgan fingerprint density at radius 3 is 1.42 bits per heavy atom. The predicted octanol–water partition coefficient (Wildman–Crippen LogP) is 4.21. The van der Waals surface area contributed by atoms with Crippen molar-refractivity contribution in [2.24, 2.45) is 11.5 Å². The molecule has 0 bridgehead atoms. The lowest BCUT2D eigenvalue weighted by molar-refractivity contribution is 0.378. The molecule has 2 aromatic rings. The van der Waals surface area contributed by atoms with Crippen LogP contribution in [0.2, 0.25) is 0 Å². The number of halogens is 4. The fraction of sp³-hybridized carbons (Fsp3) is 0.250. The number of hydrogen-bond acceptors (Lipinski definition) is 4. The monoisotopic (exact) mass is 464 g/mol. The summed E-state index contributed by atoms with van der Waals surface area (Å²) in [4.78, 5) is 0. The SMILES string of the molecule is COc1cc(Br)cc(F)c1C(N)C(N)c1c(F)cc(Br)cc1OC. The van der Waals surface area contributed by atoms with Crippen LogP contribution in [0.1, 0.15) is 23.2 Å². The van der Waals surface area contributed by atoms with Gasteiger partial charge in [0, 0.05) is 20.1 Å². The van der Waals surface area contributed by atoms with E-state index >= 15 is 0 Å². The summed E-state index contributed by atoms with van der Waals surface area (Å²) in [5, 5.41) is 0. The number of rotatable bonds is 5. The summed E-state index contributed by atoms with van der Waals surface area (Å²) in [5.74, 6) is -0.746. The quantitative estimate of drug-likeness (QED) is 0.693. The van der Waals surface area contributed by atoms with E-state index in [9.17, 15) is 8.78 Å². The van der Waals surface area contributed by atoms with Crippen LogP contribution in [0.15, 0.2) is 33.2 Å². The Hall–Kier alpha value is -1.22. The van der Waals surface area contributed by atoms with Crippen molar-refractivity contribution < 1.29 is 18.3 Å². The highest BCUT2D eigenvalue weighted by Gasteiger charge is 2.29. The normalized spacial score (nSPS) is 13.5. The van der Waals surface area contributed by atoms with Crippen LogP contribution >= 0.6 is 31.9 Å². The van der Waals surface area contributed by atoms with Gasteiger partial charge < -0.3 is 20.9 Å². The second kappa shape index (κ2) is 7.77. The maximum atomic E-state index is 14.4. The molecule has 2 atom stereocenters. The highest BCUT2D eigenvalue weighted by atomic mass is 79.9. The van der Waals surface area contributed by atoms with Crippen molar-refractivity contribution in [3.05, 3.63) is 56.0 Å². The van der Waals surface area contributed by atoms with Gasteiger partial charge in [0.1, 0.15) is 23.1 Å². The lowest BCUT2D eigenvalue weighted by Gasteiger charge is -2.25. The Bertz CT molecular complexity index is 696. The molecule has 0 aliphatic heterocycles. The van der Waals surface area contributed by atoms with Crippen LogP contribution in [0.4, 0.5) is 8.78 Å². The van der Waals surface area contributed by atoms with E-state index in [1.54, 1.807) is 12.1 Å². The Morgan fingerprint density at radius 1 is 0.792 bits per heavy atom. The molecule has 4 nitrogen and oxygen atoms in total. The van der Waals surface area contributed by atoms with Gasteiger partial charge in [-0.05, 0) is 24.3 Å². The maximum absolute atomic E-state index is 14.4. The Kier molecular flexibility index (Phi) is 6.19. The predicted molar refractivity (Wildman–Crippen MR) is 95.2 cm³/mol. The minimum absolute atomic E-state index is 0.0672. The smallest absolute Gasteiger partial charge is 0.132 e. The fourth-order valence-electron chi connectivity index (χ4n) is 2.47. The van der Waals surface area contributed by atoms with E-state index in [0.29, 0.717) is 8.95 Å². The third-order valence-corrected chi connectivity index (χ3v) is 4.52. The van der Waals surface area contributed by atoms with Crippen LogP contribution in [0.25, 0.3) is 0 Å². The Labute approximate surface area is 155 Å². The Morgan fingerprint density at radius 2 is 1.12 bits per heavy atom. The first-order chi connectivity index (χ1) is 11.3. The summed E-state index contributed by atoms with van der Waals surface area (Å²) in [6.07, 6.45) is 0. The molecule has 8 heteroatoms. The molecule has 0 aromatic heterocycles. The van der Waals surface area contributed by atoms with Gasteiger partial charge in [0.05, 0.1) is 26.3 Å². The van der Waals surface area contributed by atoms with E-state index in [2.05, 4.69) is 31.9 Å².